The van der Waals surface area contributed by atoms with Gasteiger partial charge in [-0.2, -0.15) is 0 Å². The standard InChI is InChI=1S/C18H19N2P/c1-5-18(3,4)16-17-20-14(11(2)21-17)10-9-12-7-6-8-13(19-16)15(12)20/h6-10H,5H2,1-4H3. The summed E-state index contributed by atoms with van der Waals surface area (Å²) in [7, 11) is 1.31. The second-order valence-electron chi connectivity index (χ2n) is 6.49. The molecular formula is C18H19N2P. The summed E-state index contributed by atoms with van der Waals surface area (Å²) >= 11 is 0. The predicted octanol–water partition coefficient (Wildman–Crippen LogP) is 5.65. The number of aryl methyl sites for hydroxylation is 1. The molecule has 4 aromatic rings. The van der Waals surface area contributed by atoms with Crippen molar-refractivity contribution < 1.29 is 0 Å². The molecule has 21 heavy (non-hydrogen) atoms. The van der Waals surface area contributed by atoms with Gasteiger partial charge < -0.3 is 4.40 Å². The Morgan fingerprint density at radius 3 is 2.76 bits per heavy atom. The molecule has 0 radical (unpaired) electrons. The normalized spacial score (nSPS) is 13.3. The molecule has 0 fully saturated rings. The van der Waals surface area contributed by atoms with E-state index in [-0.39, 0.29) is 5.41 Å². The van der Waals surface area contributed by atoms with Crippen LogP contribution in [0.1, 0.15) is 38.2 Å². The van der Waals surface area contributed by atoms with Gasteiger partial charge in [-0.25, -0.2) is 4.98 Å². The van der Waals surface area contributed by atoms with Crippen LogP contribution in [0.5, 0.6) is 0 Å². The van der Waals surface area contributed by atoms with Crippen molar-refractivity contribution in [3.8, 4) is 0 Å². The van der Waals surface area contributed by atoms with Crippen LogP contribution in [0.3, 0.4) is 0 Å². The molecule has 0 spiro atoms. The number of hydrogen-bond acceptors (Lipinski definition) is 1. The average Bonchev–Trinajstić information content (AvgIpc) is 2.82. The number of benzene rings is 1. The Balaban J connectivity index is 2.31. The van der Waals surface area contributed by atoms with Crippen molar-refractivity contribution >= 4 is 35.4 Å². The van der Waals surface area contributed by atoms with E-state index < -0.39 is 0 Å². The molecule has 2 nitrogen and oxygen atoms in total. The van der Waals surface area contributed by atoms with Crippen LogP contribution in [-0.2, 0) is 5.41 Å². The Labute approximate surface area is 126 Å². The third-order valence-electron chi connectivity index (χ3n) is 4.76. The highest BCUT2D eigenvalue weighted by Gasteiger charge is 2.26. The lowest BCUT2D eigenvalue weighted by Gasteiger charge is -2.24. The summed E-state index contributed by atoms with van der Waals surface area (Å²) in [4.78, 5) is 5.06. The van der Waals surface area contributed by atoms with Crippen molar-refractivity contribution in [3.05, 3.63) is 41.3 Å². The van der Waals surface area contributed by atoms with Gasteiger partial charge in [0, 0.05) is 16.1 Å². The number of nitrogens with zero attached hydrogens (tertiary/aromatic N) is 2. The first-order valence-electron chi connectivity index (χ1n) is 7.53. The Hall–Kier alpha value is -1.66. The van der Waals surface area contributed by atoms with E-state index in [4.69, 9.17) is 4.98 Å². The maximum Gasteiger partial charge on any atom is 0.0960 e. The van der Waals surface area contributed by atoms with Crippen molar-refractivity contribution in [1.29, 1.82) is 0 Å². The van der Waals surface area contributed by atoms with Gasteiger partial charge in [0.1, 0.15) is 0 Å². The summed E-state index contributed by atoms with van der Waals surface area (Å²) < 4.78 is 2.45. The summed E-state index contributed by atoms with van der Waals surface area (Å²) in [6.07, 6.45) is 1.10. The zero-order chi connectivity index (χ0) is 14.8. The molecular weight excluding hydrogens is 275 g/mol. The second kappa shape index (κ2) is 4.18. The fourth-order valence-electron chi connectivity index (χ4n) is 3.10. The number of para-hydroxylation sites is 1. The van der Waals surface area contributed by atoms with Crippen LogP contribution in [0.2, 0.25) is 0 Å². The van der Waals surface area contributed by atoms with Gasteiger partial charge >= 0.3 is 0 Å². The van der Waals surface area contributed by atoms with Gasteiger partial charge in [0.05, 0.1) is 27.5 Å². The SMILES string of the molecule is CCC(C)(C)c1nc2cccc3ccc4c(C)pc1n4c32. The van der Waals surface area contributed by atoms with Crippen LogP contribution in [0.4, 0.5) is 0 Å². The zero-order valence-electron chi connectivity index (χ0n) is 12.9. The van der Waals surface area contributed by atoms with Gasteiger partial charge in [-0.15, -0.1) is 0 Å². The van der Waals surface area contributed by atoms with E-state index in [9.17, 15) is 0 Å². The Morgan fingerprint density at radius 2 is 2.00 bits per heavy atom. The molecule has 0 saturated heterocycles. The first-order valence-corrected chi connectivity index (χ1v) is 8.43. The van der Waals surface area contributed by atoms with Crippen LogP contribution in [0.25, 0.3) is 27.2 Å². The minimum absolute atomic E-state index is 0.104. The summed E-state index contributed by atoms with van der Waals surface area (Å²) in [5.74, 6) is 0. The molecule has 3 heterocycles. The average molecular weight is 294 g/mol. The summed E-state index contributed by atoms with van der Waals surface area (Å²) in [5.41, 5.74) is 5.07. The van der Waals surface area contributed by atoms with Gasteiger partial charge in [0.15, 0.2) is 0 Å². The predicted molar refractivity (Wildman–Crippen MR) is 92.0 cm³/mol. The quantitative estimate of drug-likeness (QED) is 0.466. The molecule has 0 saturated carbocycles. The monoisotopic (exact) mass is 294 g/mol. The van der Waals surface area contributed by atoms with Crippen molar-refractivity contribution in [3.63, 3.8) is 0 Å². The summed E-state index contributed by atoms with van der Waals surface area (Å²) in [5, 5.41) is 4.05. The smallest absolute Gasteiger partial charge is 0.0960 e. The van der Waals surface area contributed by atoms with E-state index in [0.29, 0.717) is 0 Å². The van der Waals surface area contributed by atoms with E-state index in [1.54, 1.807) is 0 Å². The number of pyridine rings is 1. The molecule has 0 N–H and O–H groups in total. The van der Waals surface area contributed by atoms with Crippen LogP contribution in [0.15, 0.2) is 30.3 Å². The lowest BCUT2D eigenvalue weighted by molar-refractivity contribution is 0.496. The van der Waals surface area contributed by atoms with Crippen LogP contribution in [0, 0.1) is 6.92 Å². The van der Waals surface area contributed by atoms with Crippen molar-refractivity contribution in [2.45, 2.75) is 39.5 Å². The molecule has 3 aromatic heterocycles. The number of aromatic nitrogens is 2. The fraction of sp³-hybridized carbons (Fsp3) is 0.333. The highest BCUT2D eigenvalue weighted by atomic mass is 31.0. The molecule has 0 aliphatic heterocycles. The summed E-state index contributed by atoms with van der Waals surface area (Å²) in [6, 6.07) is 10.9. The number of hydrogen-bond donors (Lipinski definition) is 0. The molecule has 1 aromatic carbocycles. The highest BCUT2D eigenvalue weighted by Crippen LogP contribution is 2.40. The first-order chi connectivity index (χ1) is 10.0. The molecule has 0 aliphatic rings. The van der Waals surface area contributed by atoms with E-state index >= 15 is 0 Å². The van der Waals surface area contributed by atoms with Crippen molar-refractivity contribution in [1.82, 2.24) is 9.38 Å². The van der Waals surface area contributed by atoms with Crippen molar-refractivity contribution in [2.75, 3.05) is 0 Å². The lowest BCUT2D eigenvalue weighted by atomic mass is 9.86. The fourth-order valence-corrected chi connectivity index (χ4v) is 4.47. The Morgan fingerprint density at radius 1 is 1.19 bits per heavy atom. The Bertz CT molecular complexity index is 965. The Kier molecular flexibility index (Phi) is 2.59. The zero-order valence-corrected chi connectivity index (χ0v) is 13.8. The highest BCUT2D eigenvalue weighted by molar-refractivity contribution is 7.37. The van der Waals surface area contributed by atoms with E-state index in [2.05, 4.69) is 62.4 Å². The molecule has 3 heteroatoms. The van der Waals surface area contributed by atoms with E-state index in [0.717, 1.165) is 11.9 Å². The van der Waals surface area contributed by atoms with Gasteiger partial charge in [-0.05, 0) is 33.7 Å². The molecule has 106 valence electrons. The van der Waals surface area contributed by atoms with Crippen LogP contribution in [-0.4, -0.2) is 9.38 Å². The van der Waals surface area contributed by atoms with Crippen molar-refractivity contribution in [2.24, 2.45) is 0 Å². The molecule has 0 unspecified atom stereocenters. The van der Waals surface area contributed by atoms with E-state index in [1.807, 2.05) is 0 Å². The molecule has 0 bridgehead atoms. The van der Waals surface area contributed by atoms with Gasteiger partial charge in [0.2, 0.25) is 0 Å². The number of rotatable bonds is 2. The minimum Gasteiger partial charge on any atom is -0.301 e. The first kappa shape index (κ1) is 13.0. The third kappa shape index (κ3) is 1.66. The minimum atomic E-state index is 0.104. The molecule has 4 rings (SSSR count). The maximum absolute atomic E-state index is 5.06. The van der Waals surface area contributed by atoms with Gasteiger partial charge in [0.25, 0.3) is 0 Å². The second-order valence-corrected chi connectivity index (χ2v) is 7.81. The molecule has 0 amide bonds. The topological polar surface area (TPSA) is 17.3 Å². The van der Waals surface area contributed by atoms with Gasteiger partial charge in [-0.3, -0.25) is 0 Å². The van der Waals surface area contributed by atoms with Crippen LogP contribution >= 0.6 is 8.19 Å². The third-order valence-corrected chi connectivity index (χ3v) is 5.94. The molecule has 0 atom stereocenters. The maximum atomic E-state index is 5.06. The lowest BCUT2D eigenvalue weighted by Crippen LogP contribution is -2.19. The van der Waals surface area contributed by atoms with Crippen LogP contribution < -0.4 is 0 Å². The van der Waals surface area contributed by atoms with E-state index in [1.165, 1.54) is 40.8 Å². The largest absolute Gasteiger partial charge is 0.301 e. The molecule has 0 aliphatic carbocycles. The van der Waals surface area contributed by atoms with Gasteiger partial charge in [-0.1, -0.05) is 39.0 Å². The summed E-state index contributed by atoms with van der Waals surface area (Å²) in [6.45, 7) is 9.08.